The van der Waals surface area contributed by atoms with Gasteiger partial charge in [-0.1, -0.05) is 18.2 Å². The number of para-hydroxylation sites is 2. The SMILES string of the molecule is COc1ccc2nc(C=C(C#N)c3nc4ccccc4[nH]3)ccc2c1. The number of rotatable bonds is 3. The number of nitriles is 1. The average Bonchev–Trinajstić information content (AvgIpc) is 3.09. The van der Waals surface area contributed by atoms with Gasteiger partial charge in [0.15, 0.2) is 0 Å². The van der Waals surface area contributed by atoms with Crippen molar-refractivity contribution < 1.29 is 4.74 Å². The Labute approximate surface area is 144 Å². The van der Waals surface area contributed by atoms with Gasteiger partial charge in [0.2, 0.25) is 0 Å². The number of ether oxygens (including phenoxy) is 1. The van der Waals surface area contributed by atoms with E-state index in [1.807, 2.05) is 54.6 Å². The van der Waals surface area contributed by atoms with Crippen LogP contribution in [0.5, 0.6) is 5.75 Å². The fourth-order valence-corrected chi connectivity index (χ4v) is 2.71. The first-order chi connectivity index (χ1) is 12.3. The quantitative estimate of drug-likeness (QED) is 0.573. The molecule has 0 spiro atoms. The van der Waals surface area contributed by atoms with Crippen LogP contribution in [0.4, 0.5) is 0 Å². The van der Waals surface area contributed by atoms with Crippen molar-refractivity contribution in [3.05, 3.63) is 66.1 Å². The molecular formula is C20H14N4O. The highest BCUT2D eigenvalue weighted by Crippen LogP contribution is 2.22. The second kappa shape index (κ2) is 6.10. The summed E-state index contributed by atoms with van der Waals surface area (Å²) in [5, 5.41) is 10.5. The van der Waals surface area contributed by atoms with E-state index < -0.39 is 0 Å². The lowest BCUT2D eigenvalue weighted by molar-refractivity contribution is 0.415. The number of nitrogens with zero attached hydrogens (tertiary/aromatic N) is 3. The van der Waals surface area contributed by atoms with E-state index in [9.17, 15) is 5.26 Å². The highest BCUT2D eigenvalue weighted by Gasteiger charge is 2.08. The van der Waals surface area contributed by atoms with Gasteiger partial charge in [0, 0.05) is 5.39 Å². The zero-order valence-corrected chi connectivity index (χ0v) is 13.5. The van der Waals surface area contributed by atoms with Crippen molar-refractivity contribution in [2.75, 3.05) is 7.11 Å². The summed E-state index contributed by atoms with van der Waals surface area (Å²) in [4.78, 5) is 12.2. The maximum absolute atomic E-state index is 9.52. The first-order valence-corrected chi connectivity index (χ1v) is 7.78. The Kier molecular flexibility index (Phi) is 3.64. The van der Waals surface area contributed by atoms with E-state index in [4.69, 9.17) is 4.74 Å². The van der Waals surface area contributed by atoms with Crippen molar-refractivity contribution in [1.29, 1.82) is 5.26 Å². The molecule has 4 aromatic rings. The standard InChI is InChI=1S/C20H14N4O/c1-25-16-8-9-17-13(11-16)6-7-15(22-17)10-14(12-21)20-23-18-4-2-3-5-19(18)24-20/h2-11H,1H3,(H,23,24). The molecule has 2 aromatic heterocycles. The number of fused-ring (bicyclic) bond motifs is 2. The minimum atomic E-state index is 0.441. The number of hydrogen-bond donors (Lipinski definition) is 1. The normalized spacial score (nSPS) is 11.6. The molecule has 0 atom stereocenters. The Morgan fingerprint density at radius 1 is 1.08 bits per heavy atom. The molecule has 5 heteroatoms. The van der Waals surface area contributed by atoms with Crippen molar-refractivity contribution >= 4 is 33.6 Å². The van der Waals surface area contributed by atoms with E-state index in [1.165, 1.54) is 0 Å². The summed E-state index contributed by atoms with van der Waals surface area (Å²) in [6, 6.07) is 19.4. The predicted octanol–water partition coefficient (Wildman–Crippen LogP) is 4.18. The smallest absolute Gasteiger partial charge is 0.149 e. The second-order valence-corrected chi connectivity index (χ2v) is 5.57. The van der Waals surface area contributed by atoms with Crippen LogP contribution in [0.2, 0.25) is 0 Å². The molecule has 0 unspecified atom stereocenters. The molecule has 1 N–H and O–H groups in total. The van der Waals surface area contributed by atoms with E-state index in [2.05, 4.69) is 21.0 Å². The Bertz CT molecular complexity index is 1120. The molecule has 0 saturated carbocycles. The molecule has 0 aliphatic heterocycles. The lowest BCUT2D eigenvalue weighted by Gasteiger charge is -2.03. The molecular weight excluding hydrogens is 312 g/mol. The summed E-state index contributed by atoms with van der Waals surface area (Å²) < 4.78 is 5.23. The number of pyridine rings is 1. The van der Waals surface area contributed by atoms with Gasteiger partial charge in [0.25, 0.3) is 0 Å². The van der Waals surface area contributed by atoms with Crippen LogP contribution in [-0.4, -0.2) is 22.1 Å². The number of benzene rings is 2. The Morgan fingerprint density at radius 3 is 2.76 bits per heavy atom. The maximum Gasteiger partial charge on any atom is 0.149 e. The molecule has 0 saturated heterocycles. The third kappa shape index (κ3) is 2.81. The number of imidazole rings is 1. The molecule has 5 nitrogen and oxygen atoms in total. The number of aromatic nitrogens is 3. The molecule has 4 rings (SSSR count). The van der Waals surface area contributed by atoms with Gasteiger partial charge in [-0.3, -0.25) is 0 Å². The van der Waals surface area contributed by atoms with Gasteiger partial charge in [-0.25, -0.2) is 9.97 Å². The minimum absolute atomic E-state index is 0.441. The van der Waals surface area contributed by atoms with Gasteiger partial charge in [-0.2, -0.15) is 5.26 Å². The van der Waals surface area contributed by atoms with E-state index in [-0.39, 0.29) is 0 Å². The van der Waals surface area contributed by atoms with Crippen molar-refractivity contribution in [2.24, 2.45) is 0 Å². The number of aromatic amines is 1. The summed E-state index contributed by atoms with van der Waals surface area (Å²) in [5.41, 5.74) is 3.72. The van der Waals surface area contributed by atoms with Gasteiger partial charge in [0.05, 0.1) is 34.9 Å². The molecule has 0 amide bonds. The van der Waals surface area contributed by atoms with Crippen LogP contribution in [0.15, 0.2) is 54.6 Å². The fourth-order valence-electron chi connectivity index (χ4n) is 2.71. The molecule has 25 heavy (non-hydrogen) atoms. The highest BCUT2D eigenvalue weighted by molar-refractivity contribution is 5.91. The van der Waals surface area contributed by atoms with E-state index >= 15 is 0 Å². The van der Waals surface area contributed by atoms with Gasteiger partial charge < -0.3 is 9.72 Å². The lowest BCUT2D eigenvalue weighted by Crippen LogP contribution is -1.89. The van der Waals surface area contributed by atoms with Crippen molar-refractivity contribution in [1.82, 2.24) is 15.0 Å². The van der Waals surface area contributed by atoms with Crippen LogP contribution in [0.25, 0.3) is 33.6 Å². The number of H-pyrrole nitrogens is 1. The zero-order chi connectivity index (χ0) is 17.2. The summed E-state index contributed by atoms with van der Waals surface area (Å²) in [6.07, 6.45) is 1.74. The third-order valence-electron chi connectivity index (χ3n) is 3.98. The first kappa shape index (κ1) is 14.9. The van der Waals surface area contributed by atoms with Crippen molar-refractivity contribution in [3.8, 4) is 11.8 Å². The summed E-state index contributed by atoms with van der Waals surface area (Å²) >= 11 is 0. The van der Waals surface area contributed by atoms with Crippen molar-refractivity contribution in [3.63, 3.8) is 0 Å². The topological polar surface area (TPSA) is 74.6 Å². The number of nitrogens with one attached hydrogen (secondary N) is 1. The Hall–Kier alpha value is -3.65. The minimum Gasteiger partial charge on any atom is -0.497 e. The summed E-state index contributed by atoms with van der Waals surface area (Å²) in [7, 11) is 1.64. The molecule has 2 heterocycles. The van der Waals surface area contributed by atoms with E-state index in [1.54, 1.807) is 13.2 Å². The molecule has 2 aromatic carbocycles. The van der Waals surface area contributed by atoms with Gasteiger partial charge in [0.1, 0.15) is 17.6 Å². The second-order valence-electron chi connectivity index (χ2n) is 5.57. The van der Waals surface area contributed by atoms with Crippen LogP contribution in [0, 0.1) is 11.3 Å². The average molecular weight is 326 g/mol. The largest absolute Gasteiger partial charge is 0.497 e. The molecule has 0 aliphatic carbocycles. The molecule has 0 bridgehead atoms. The summed E-state index contributed by atoms with van der Waals surface area (Å²) in [6.45, 7) is 0. The van der Waals surface area contributed by atoms with Crippen molar-refractivity contribution in [2.45, 2.75) is 0 Å². The Morgan fingerprint density at radius 2 is 1.96 bits per heavy atom. The van der Waals surface area contributed by atoms with E-state index in [0.717, 1.165) is 27.7 Å². The lowest BCUT2D eigenvalue weighted by atomic mass is 10.1. The van der Waals surface area contributed by atoms with Gasteiger partial charge in [-0.15, -0.1) is 0 Å². The fraction of sp³-hybridized carbons (Fsp3) is 0.0500. The van der Waals surface area contributed by atoms with Gasteiger partial charge >= 0.3 is 0 Å². The molecule has 120 valence electrons. The summed E-state index contributed by atoms with van der Waals surface area (Å²) in [5.74, 6) is 1.33. The van der Waals surface area contributed by atoms with E-state index in [0.29, 0.717) is 17.1 Å². The van der Waals surface area contributed by atoms with Crippen LogP contribution < -0.4 is 4.74 Å². The van der Waals surface area contributed by atoms with Crippen LogP contribution >= 0.6 is 0 Å². The first-order valence-electron chi connectivity index (χ1n) is 7.78. The highest BCUT2D eigenvalue weighted by atomic mass is 16.5. The number of allylic oxidation sites excluding steroid dienone is 1. The van der Waals surface area contributed by atoms with Crippen LogP contribution in [0.3, 0.4) is 0 Å². The van der Waals surface area contributed by atoms with Gasteiger partial charge in [-0.05, 0) is 42.5 Å². The molecule has 0 aliphatic rings. The monoisotopic (exact) mass is 326 g/mol. The molecule has 0 fully saturated rings. The van der Waals surface area contributed by atoms with Crippen LogP contribution in [-0.2, 0) is 0 Å². The number of methoxy groups -OCH3 is 1. The molecule has 0 radical (unpaired) electrons. The Balaban J connectivity index is 1.77. The zero-order valence-electron chi connectivity index (χ0n) is 13.5. The predicted molar refractivity (Wildman–Crippen MR) is 97.9 cm³/mol. The van der Waals surface area contributed by atoms with Crippen LogP contribution in [0.1, 0.15) is 11.5 Å². The maximum atomic E-state index is 9.52. The number of hydrogen-bond acceptors (Lipinski definition) is 4. The third-order valence-corrected chi connectivity index (χ3v) is 3.98.